The van der Waals surface area contributed by atoms with E-state index < -0.39 is 36.2 Å². The van der Waals surface area contributed by atoms with Gasteiger partial charge in [0.25, 0.3) is 11.1 Å². The number of benzene rings is 2. The van der Waals surface area contributed by atoms with Crippen LogP contribution in [0.15, 0.2) is 47.4 Å². The van der Waals surface area contributed by atoms with Gasteiger partial charge in [0, 0.05) is 16.3 Å². The third-order valence-corrected chi connectivity index (χ3v) is 5.35. The van der Waals surface area contributed by atoms with E-state index in [9.17, 15) is 19.2 Å². The van der Waals surface area contributed by atoms with Crippen molar-refractivity contribution < 1.29 is 29.0 Å². The van der Waals surface area contributed by atoms with Crippen molar-refractivity contribution in [3.05, 3.63) is 63.5 Å². The highest BCUT2D eigenvalue weighted by molar-refractivity contribution is 8.18. The first-order valence-electron chi connectivity index (χ1n) is 8.99. The van der Waals surface area contributed by atoms with Crippen LogP contribution in [-0.2, 0) is 14.4 Å². The number of amides is 3. The molecule has 1 aliphatic heterocycles. The largest absolute Gasteiger partial charge is 0.481 e. The molecule has 3 rings (SSSR count). The number of hydrogen-bond donors (Lipinski definition) is 2. The van der Waals surface area contributed by atoms with Crippen molar-refractivity contribution in [2.24, 2.45) is 0 Å². The predicted molar refractivity (Wildman–Crippen MR) is 117 cm³/mol. The molecule has 1 saturated heterocycles. The zero-order valence-corrected chi connectivity index (χ0v) is 17.8. The Morgan fingerprint density at radius 1 is 1.23 bits per heavy atom. The molecule has 1 fully saturated rings. The highest BCUT2D eigenvalue weighted by Gasteiger charge is 2.36. The quantitative estimate of drug-likeness (QED) is 0.604. The molecular formula is C21H17ClN2O6S. The smallest absolute Gasteiger partial charge is 0.341 e. The number of thioether (sulfide) groups is 1. The molecule has 160 valence electrons. The van der Waals surface area contributed by atoms with E-state index in [0.717, 1.165) is 10.5 Å². The van der Waals surface area contributed by atoms with E-state index in [4.69, 9.17) is 21.4 Å². The molecule has 0 radical (unpaired) electrons. The fourth-order valence-corrected chi connectivity index (χ4v) is 3.71. The highest BCUT2D eigenvalue weighted by Crippen LogP contribution is 2.34. The molecule has 31 heavy (non-hydrogen) atoms. The lowest BCUT2D eigenvalue weighted by Gasteiger charge is -2.14. The number of rotatable bonds is 7. The minimum absolute atomic E-state index is 0.100. The number of halogens is 1. The maximum Gasteiger partial charge on any atom is 0.341 e. The Kier molecular flexibility index (Phi) is 6.98. The van der Waals surface area contributed by atoms with Crippen LogP contribution in [0, 0.1) is 6.92 Å². The van der Waals surface area contributed by atoms with Gasteiger partial charge in [0.05, 0.1) is 4.91 Å². The summed E-state index contributed by atoms with van der Waals surface area (Å²) in [6.07, 6.45) is 1.43. The predicted octanol–water partition coefficient (Wildman–Crippen LogP) is 3.79. The van der Waals surface area contributed by atoms with Gasteiger partial charge < -0.3 is 15.2 Å². The number of carboxylic acids is 1. The zero-order chi connectivity index (χ0) is 22.5. The Bertz CT molecular complexity index is 1100. The van der Waals surface area contributed by atoms with Crippen molar-refractivity contribution in [2.45, 2.75) is 6.92 Å². The molecule has 0 atom stereocenters. The number of aryl methyl sites for hydroxylation is 1. The first-order chi connectivity index (χ1) is 14.7. The Morgan fingerprint density at radius 2 is 1.97 bits per heavy atom. The Hall–Kier alpha value is -3.30. The maximum atomic E-state index is 12.7. The summed E-state index contributed by atoms with van der Waals surface area (Å²) < 4.78 is 5.21. The van der Waals surface area contributed by atoms with Crippen molar-refractivity contribution in [3.63, 3.8) is 0 Å². The van der Waals surface area contributed by atoms with Gasteiger partial charge in [-0.1, -0.05) is 35.9 Å². The number of imide groups is 1. The molecule has 8 nitrogen and oxygen atoms in total. The fourth-order valence-electron chi connectivity index (χ4n) is 2.71. The lowest BCUT2D eigenvalue weighted by Crippen LogP contribution is -2.36. The molecule has 2 aromatic rings. The molecule has 0 unspecified atom stereocenters. The normalized spacial score (nSPS) is 14.8. The van der Waals surface area contributed by atoms with Gasteiger partial charge in [0.15, 0.2) is 6.61 Å². The van der Waals surface area contributed by atoms with Crippen LogP contribution < -0.4 is 10.1 Å². The molecule has 1 heterocycles. The highest BCUT2D eigenvalue weighted by atomic mass is 35.5. The minimum Gasteiger partial charge on any atom is -0.481 e. The number of nitrogens with zero attached hydrogens (tertiary/aromatic N) is 1. The molecule has 0 saturated carbocycles. The summed E-state index contributed by atoms with van der Waals surface area (Å²) in [5, 5.41) is 11.3. The van der Waals surface area contributed by atoms with Crippen molar-refractivity contribution in [1.82, 2.24) is 4.90 Å². The lowest BCUT2D eigenvalue weighted by atomic mass is 10.2. The van der Waals surface area contributed by atoms with Gasteiger partial charge in [-0.2, -0.15) is 0 Å². The number of nitrogens with one attached hydrogen (secondary N) is 1. The van der Waals surface area contributed by atoms with E-state index in [-0.39, 0.29) is 10.7 Å². The van der Waals surface area contributed by atoms with Crippen molar-refractivity contribution in [2.75, 3.05) is 18.5 Å². The number of ether oxygens (including phenoxy) is 1. The Morgan fingerprint density at radius 3 is 2.71 bits per heavy atom. The number of hydrogen-bond acceptors (Lipinski definition) is 6. The molecule has 0 bridgehead atoms. The summed E-state index contributed by atoms with van der Waals surface area (Å²) >= 11 is 6.63. The van der Waals surface area contributed by atoms with Crippen LogP contribution in [0.25, 0.3) is 6.08 Å². The molecule has 0 aliphatic carbocycles. The van der Waals surface area contributed by atoms with Crippen molar-refractivity contribution in [1.29, 1.82) is 0 Å². The van der Waals surface area contributed by atoms with Crippen LogP contribution in [-0.4, -0.2) is 46.2 Å². The average Bonchev–Trinajstić information content (AvgIpc) is 2.97. The Balaban J connectivity index is 1.73. The van der Waals surface area contributed by atoms with Gasteiger partial charge in [-0.15, -0.1) is 0 Å². The summed E-state index contributed by atoms with van der Waals surface area (Å²) in [7, 11) is 0. The number of carboxylic acid groups (broad SMARTS) is 1. The van der Waals surface area contributed by atoms with Gasteiger partial charge in [-0.3, -0.25) is 19.3 Å². The van der Waals surface area contributed by atoms with Crippen LogP contribution >= 0.6 is 23.4 Å². The van der Waals surface area contributed by atoms with Gasteiger partial charge in [-0.25, -0.2) is 4.79 Å². The summed E-state index contributed by atoms with van der Waals surface area (Å²) in [6, 6.07) is 11.5. The topological polar surface area (TPSA) is 113 Å². The Labute approximate surface area is 186 Å². The fraction of sp³-hybridized carbons (Fsp3) is 0.143. The number of aliphatic carboxylic acids is 1. The molecule has 2 aromatic carbocycles. The zero-order valence-electron chi connectivity index (χ0n) is 16.3. The number of carbonyl (C=O) groups excluding carboxylic acids is 3. The van der Waals surface area contributed by atoms with Gasteiger partial charge in [-0.05, 0) is 48.5 Å². The molecule has 2 N–H and O–H groups in total. The van der Waals surface area contributed by atoms with E-state index in [1.807, 2.05) is 0 Å². The van der Waals surface area contributed by atoms with Gasteiger partial charge in [0.1, 0.15) is 12.3 Å². The molecular weight excluding hydrogens is 444 g/mol. The summed E-state index contributed by atoms with van der Waals surface area (Å²) in [6.45, 7) is 0.791. The first kappa shape index (κ1) is 22.4. The van der Waals surface area contributed by atoms with E-state index in [1.54, 1.807) is 49.4 Å². The minimum atomic E-state index is -1.14. The molecule has 0 aromatic heterocycles. The lowest BCUT2D eigenvalue weighted by molar-refractivity contribution is -0.139. The molecule has 0 spiro atoms. The second-order valence-corrected chi connectivity index (χ2v) is 7.93. The maximum absolute atomic E-state index is 12.7. The van der Waals surface area contributed by atoms with Crippen LogP contribution in [0.4, 0.5) is 10.5 Å². The SMILES string of the molecule is Cc1ccc(Cl)cc1NC(=O)CN1C(=O)S/C(=C/c2ccccc2OCC(=O)O)C1=O. The summed E-state index contributed by atoms with van der Waals surface area (Å²) in [5.41, 5.74) is 1.71. The average molecular weight is 461 g/mol. The van der Waals surface area contributed by atoms with Gasteiger partial charge in [0.2, 0.25) is 5.91 Å². The van der Waals surface area contributed by atoms with E-state index >= 15 is 0 Å². The van der Waals surface area contributed by atoms with Gasteiger partial charge >= 0.3 is 5.97 Å². The van der Waals surface area contributed by atoms with Crippen molar-refractivity contribution in [3.8, 4) is 5.75 Å². The monoisotopic (exact) mass is 460 g/mol. The summed E-state index contributed by atoms with van der Waals surface area (Å²) in [5.74, 6) is -2.05. The first-order valence-corrected chi connectivity index (χ1v) is 10.2. The third-order valence-electron chi connectivity index (χ3n) is 4.21. The van der Waals surface area contributed by atoms with Crippen LogP contribution in [0.2, 0.25) is 5.02 Å². The third kappa shape index (κ3) is 5.65. The second kappa shape index (κ2) is 9.67. The van der Waals surface area contributed by atoms with Crippen LogP contribution in [0.3, 0.4) is 0 Å². The van der Waals surface area contributed by atoms with E-state index in [0.29, 0.717) is 28.0 Å². The number of carbonyl (C=O) groups is 4. The number of anilines is 1. The van der Waals surface area contributed by atoms with Crippen LogP contribution in [0.1, 0.15) is 11.1 Å². The second-order valence-electron chi connectivity index (χ2n) is 6.50. The molecule has 3 amide bonds. The molecule has 10 heteroatoms. The van der Waals surface area contributed by atoms with E-state index in [1.165, 1.54) is 6.08 Å². The number of para-hydroxylation sites is 1. The van der Waals surface area contributed by atoms with Crippen LogP contribution in [0.5, 0.6) is 5.75 Å². The molecule has 1 aliphatic rings. The van der Waals surface area contributed by atoms with Crippen molar-refractivity contribution >= 4 is 58.1 Å². The van der Waals surface area contributed by atoms with E-state index in [2.05, 4.69) is 5.32 Å². The summed E-state index contributed by atoms with van der Waals surface area (Å²) in [4.78, 5) is 49.1. The standard InChI is InChI=1S/C21H17ClN2O6S/c1-12-6-7-14(22)9-15(12)23-18(25)10-24-20(28)17(31-21(24)29)8-13-4-2-3-5-16(13)30-11-19(26)27/h2-9H,10-11H2,1H3,(H,23,25)(H,26,27)/b17-8+.